The number of anilines is 2. The number of ketones is 1. The Bertz CT molecular complexity index is 471. The van der Waals surface area contributed by atoms with Crippen LogP contribution in [0.5, 0.6) is 0 Å². The van der Waals surface area contributed by atoms with Gasteiger partial charge < -0.3 is 11.5 Å². The third kappa shape index (κ3) is 1.27. The minimum atomic E-state index is 0.125. The monoisotopic (exact) mass is 218 g/mol. The summed E-state index contributed by atoms with van der Waals surface area (Å²) in [6, 6.07) is 0. The molecule has 2 atom stereocenters. The summed E-state index contributed by atoms with van der Waals surface area (Å²) in [5.74, 6) is 1.55. The Kier molecular flexibility index (Phi) is 1.89. The molecular weight excluding hydrogens is 204 g/mol. The summed E-state index contributed by atoms with van der Waals surface area (Å²) in [5, 5.41) is 0. The standard InChI is InChI=1S/C11H14N4O/c12-10-9-5-1-2-8(16)6(3-5)4-7(9)14-11(13)15-10/h5-6H,1-4H2,(H4,12,13,14,15). The molecule has 0 radical (unpaired) electrons. The molecule has 0 spiro atoms. The molecule has 2 aliphatic rings. The molecule has 2 bridgehead atoms. The number of nitrogens with two attached hydrogens (primary N) is 2. The van der Waals surface area contributed by atoms with E-state index in [1.165, 1.54) is 0 Å². The molecule has 5 nitrogen and oxygen atoms in total. The van der Waals surface area contributed by atoms with E-state index in [1.54, 1.807) is 0 Å². The average Bonchev–Trinajstić information content (AvgIpc) is 2.22. The molecule has 5 heteroatoms. The fourth-order valence-corrected chi connectivity index (χ4v) is 2.96. The molecule has 0 saturated heterocycles. The van der Waals surface area contributed by atoms with Gasteiger partial charge in [0.25, 0.3) is 0 Å². The van der Waals surface area contributed by atoms with Crippen LogP contribution in [0.3, 0.4) is 0 Å². The molecule has 4 N–H and O–H groups in total. The molecule has 1 heterocycles. The molecular formula is C11H14N4O. The number of rotatable bonds is 0. The van der Waals surface area contributed by atoms with Crippen LogP contribution in [0.15, 0.2) is 0 Å². The van der Waals surface area contributed by atoms with Crippen LogP contribution in [0, 0.1) is 5.92 Å². The van der Waals surface area contributed by atoms with Crippen LogP contribution < -0.4 is 11.5 Å². The van der Waals surface area contributed by atoms with Gasteiger partial charge in [-0.15, -0.1) is 0 Å². The van der Waals surface area contributed by atoms with E-state index < -0.39 is 0 Å². The number of hydrogen-bond acceptors (Lipinski definition) is 5. The van der Waals surface area contributed by atoms with Gasteiger partial charge in [0.15, 0.2) is 0 Å². The van der Waals surface area contributed by atoms with E-state index in [9.17, 15) is 4.79 Å². The van der Waals surface area contributed by atoms with Crippen molar-refractivity contribution in [2.24, 2.45) is 5.92 Å². The lowest BCUT2D eigenvalue weighted by atomic mass is 9.70. The van der Waals surface area contributed by atoms with Crippen LogP contribution in [-0.4, -0.2) is 15.8 Å². The number of carbonyl (C=O) groups excluding carboxylic acids is 1. The molecule has 0 aromatic carbocycles. The van der Waals surface area contributed by atoms with Gasteiger partial charge in [0.1, 0.15) is 11.6 Å². The normalized spacial score (nSPS) is 27.6. The van der Waals surface area contributed by atoms with Crippen molar-refractivity contribution in [3.63, 3.8) is 0 Å². The smallest absolute Gasteiger partial charge is 0.222 e. The van der Waals surface area contributed by atoms with Gasteiger partial charge in [-0.2, -0.15) is 4.98 Å². The minimum Gasteiger partial charge on any atom is -0.383 e. The number of hydrogen-bond donors (Lipinski definition) is 2. The molecule has 16 heavy (non-hydrogen) atoms. The minimum absolute atomic E-state index is 0.125. The van der Waals surface area contributed by atoms with Crippen LogP contribution in [0.4, 0.5) is 11.8 Å². The predicted molar refractivity (Wildman–Crippen MR) is 59.6 cm³/mol. The third-order valence-corrected chi connectivity index (χ3v) is 3.68. The zero-order valence-electron chi connectivity index (χ0n) is 8.94. The quantitative estimate of drug-likeness (QED) is 0.666. The fraction of sp³-hybridized carbons (Fsp3) is 0.545. The summed E-state index contributed by atoms with van der Waals surface area (Å²) in [6.45, 7) is 0. The fourth-order valence-electron chi connectivity index (χ4n) is 2.96. The molecule has 1 saturated carbocycles. The lowest BCUT2D eigenvalue weighted by Gasteiger charge is -2.34. The Morgan fingerprint density at radius 1 is 1.19 bits per heavy atom. The maximum atomic E-state index is 11.7. The first-order chi connectivity index (χ1) is 7.65. The molecule has 2 aliphatic carbocycles. The van der Waals surface area contributed by atoms with E-state index in [0.29, 0.717) is 30.4 Å². The molecule has 0 amide bonds. The van der Waals surface area contributed by atoms with Crippen molar-refractivity contribution in [1.29, 1.82) is 0 Å². The van der Waals surface area contributed by atoms with Gasteiger partial charge in [-0.1, -0.05) is 0 Å². The van der Waals surface area contributed by atoms with Crippen molar-refractivity contribution in [3.05, 3.63) is 11.3 Å². The first-order valence-electron chi connectivity index (χ1n) is 5.59. The summed E-state index contributed by atoms with van der Waals surface area (Å²) in [7, 11) is 0. The van der Waals surface area contributed by atoms with E-state index in [2.05, 4.69) is 9.97 Å². The Hall–Kier alpha value is -1.65. The summed E-state index contributed by atoms with van der Waals surface area (Å²) >= 11 is 0. The largest absolute Gasteiger partial charge is 0.383 e. The van der Waals surface area contributed by atoms with Crippen molar-refractivity contribution in [2.45, 2.75) is 31.6 Å². The summed E-state index contributed by atoms with van der Waals surface area (Å²) in [4.78, 5) is 19.9. The number of nitrogen functional groups attached to an aromatic ring is 2. The lowest BCUT2D eigenvalue weighted by Crippen LogP contribution is -2.32. The summed E-state index contributed by atoms with van der Waals surface area (Å²) in [6.07, 6.45) is 3.13. The second kappa shape index (κ2) is 3.17. The average molecular weight is 218 g/mol. The van der Waals surface area contributed by atoms with Gasteiger partial charge in [-0.3, -0.25) is 4.79 Å². The lowest BCUT2D eigenvalue weighted by molar-refractivity contribution is -0.125. The van der Waals surface area contributed by atoms with Crippen molar-refractivity contribution >= 4 is 17.5 Å². The molecule has 1 aromatic rings. The number of aromatic nitrogens is 2. The zero-order chi connectivity index (χ0) is 11.3. The second-order valence-corrected chi connectivity index (χ2v) is 4.67. The number of Topliss-reactive ketones (excluding diaryl/α,β-unsaturated/α-hetero) is 1. The van der Waals surface area contributed by atoms with Gasteiger partial charge in [-0.05, 0) is 25.2 Å². The van der Waals surface area contributed by atoms with Crippen molar-refractivity contribution in [1.82, 2.24) is 9.97 Å². The summed E-state index contributed by atoms with van der Waals surface area (Å²) < 4.78 is 0. The molecule has 1 fully saturated rings. The SMILES string of the molecule is Nc1nc(N)c2c(n1)CC1CC2CCC1=O. The maximum Gasteiger partial charge on any atom is 0.222 e. The van der Waals surface area contributed by atoms with Crippen molar-refractivity contribution in [3.8, 4) is 0 Å². The van der Waals surface area contributed by atoms with Gasteiger partial charge in [-0.25, -0.2) is 4.98 Å². The Morgan fingerprint density at radius 3 is 2.81 bits per heavy atom. The molecule has 2 unspecified atom stereocenters. The zero-order valence-corrected chi connectivity index (χ0v) is 8.94. The molecule has 3 rings (SSSR count). The first-order valence-corrected chi connectivity index (χ1v) is 5.59. The summed E-state index contributed by atoms with van der Waals surface area (Å²) in [5.41, 5.74) is 13.4. The Labute approximate surface area is 93.3 Å². The highest BCUT2D eigenvalue weighted by molar-refractivity contribution is 5.83. The van der Waals surface area contributed by atoms with Gasteiger partial charge in [0.2, 0.25) is 5.95 Å². The third-order valence-electron chi connectivity index (χ3n) is 3.68. The highest BCUT2D eigenvalue weighted by Gasteiger charge is 2.37. The van der Waals surface area contributed by atoms with Crippen LogP contribution >= 0.6 is 0 Å². The number of nitrogens with zero attached hydrogens (tertiary/aromatic N) is 2. The Morgan fingerprint density at radius 2 is 2.00 bits per heavy atom. The maximum absolute atomic E-state index is 11.7. The second-order valence-electron chi connectivity index (χ2n) is 4.67. The van der Waals surface area contributed by atoms with Crippen molar-refractivity contribution in [2.75, 3.05) is 11.5 Å². The molecule has 84 valence electrons. The van der Waals surface area contributed by atoms with E-state index in [-0.39, 0.29) is 11.9 Å². The van der Waals surface area contributed by atoms with Gasteiger partial charge >= 0.3 is 0 Å². The predicted octanol–water partition coefficient (Wildman–Crippen LogP) is 0.650. The first kappa shape index (κ1) is 9.57. The number of carbonyl (C=O) groups is 1. The van der Waals surface area contributed by atoms with Crippen LogP contribution in [-0.2, 0) is 11.2 Å². The highest BCUT2D eigenvalue weighted by atomic mass is 16.1. The van der Waals surface area contributed by atoms with E-state index >= 15 is 0 Å². The Balaban J connectivity index is 2.12. The van der Waals surface area contributed by atoms with Gasteiger partial charge in [0.05, 0.1) is 5.69 Å². The topological polar surface area (TPSA) is 94.9 Å². The van der Waals surface area contributed by atoms with Crippen molar-refractivity contribution < 1.29 is 4.79 Å². The van der Waals surface area contributed by atoms with E-state index in [0.717, 1.165) is 24.1 Å². The van der Waals surface area contributed by atoms with Crippen LogP contribution in [0.1, 0.15) is 36.4 Å². The van der Waals surface area contributed by atoms with Crippen LogP contribution in [0.2, 0.25) is 0 Å². The molecule has 1 aromatic heterocycles. The highest BCUT2D eigenvalue weighted by Crippen LogP contribution is 2.43. The van der Waals surface area contributed by atoms with Gasteiger partial charge in [0, 0.05) is 17.9 Å². The molecule has 0 aliphatic heterocycles. The van der Waals surface area contributed by atoms with E-state index in [1.807, 2.05) is 0 Å². The van der Waals surface area contributed by atoms with Crippen LogP contribution in [0.25, 0.3) is 0 Å². The van der Waals surface area contributed by atoms with E-state index in [4.69, 9.17) is 11.5 Å². The number of fused-ring (bicyclic) bond motifs is 4.